The Bertz CT molecular complexity index is 663. The Balaban J connectivity index is 2.05. The first-order valence-electron chi connectivity index (χ1n) is 6.42. The molecule has 0 aliphatic carbocycles. The Kier molecular flexibility index (Phi) is 4.41. The average molecular weight is 355 g/mol. The van der Waals surface area contributed by atoms with Crippen LogP contribution in [-0.2, 0) is 12.0 Å². The summed E-state index contributed by atoms with van der Waals surface area (Å²) in [5, 5.41) is 9.32. The van der Waals surface area contributed by atoms with Crippen molar-refractivity contribution in [2.24, 2.45) is 0 Å². The van der Waals surface area contributed by atoms with E-state index in [1.165, 1.54) is 12.1 Å². The molecule has 0 aliphatic heterocycles. The van der Waals surface area contributed by atoms with E-state index in [1.54, 1.807) is 6.07 Å². The van der Waals surface area contributed by atoms with E-state index < -0.39 is 5.91 Å². The second-order valence-corrected chi connectivity index (χ2v) is 6.53. The number of hydrogen-bond acceptors (Lipinski definition) is 3. The maximum Gasteiger partial charge on any atom is 0.291 e. The van der Waals surface area contributed by atoms with Gasteiger partial charge in [0, 0.05) is 16.4 Å². The minimum absolute atomic E-state index is 0.0763. The van der Waals surface area contributed by atoms with Crippen molar-refractivity contribution < 1.29 is 9.18 Å². The Labute approximate surface area is 130 Å². The number of hydrogen-bond donors (Lipinski definition) is 2. The lowest BCUT2D eigenvalue weighted by Gasteiger charge is -2.12. The largest absolute Gasteiger partial charge is 0.345 e. The number of nitrogens with one attached hydrogen (secondary N) is 2. The third-order valence-corrected chi connectivity index (χ3v) is 3.62. The lowest BCUT2D eigenvalue weighted by Crippen LogP contribution is -2.24. The quantitative estimate of drug-likeness (QED) is 0.889. The van der Waals surface area contributed by atoms with Crippen LogP contribution in [0.15, 0.2) is 22.7 Å². The molecule has 0 bridgehead atoms. The monoisotopic (exact) mass is 354 g/mol. The zero-order valence-corrected chi connectivity index (χ0v) is 13.6. The molecule has 0 radical (unpaired) electrons. The Morgan fingerprint density at radius 2 is 2.14 bits per heavy atom. The van der Waals surface area contributed by atoms with Crippen molar-refractivity contribution in [2.75, 3.05) is 0 Å². The van der Waals surface area contributed by atoms with Crippen molar-refractivity contribution >= 4 is 21.8 Å². The molecule has 1 heterocycles. The number of halogens is 2. The summed E-state index contributed by atoms with van der Waals surface area (Å²) in [6.45, 7) is 6.10. The molecule has 1 amide bonds. The molecule has 2 N–H and O–H groups in total. The molecular weight excluding hydrogens is 339 g/mol. The van der Waals surface area contributed by atoms with Crippen LogP contribution in [0.25, 0.3) is 0 Å². The highest BCUT2D eigenvalue weighted by molar-refractivity contribution is 9.10. The summed E-state index contributed by atoms with van der Waals surface area (Å²) in [5.41, 5.74) is 0.437. The molecule has 1 aromatic carbocycles. The molecule has 1 aromatic heterocycles. The normalized spacial score (nSPS) is 11.5. The molecule has 5 nitrogen and oxygen atoms in total. The van der Waals surface area contributed by atoms with Crippen molar-refractivity contribution in [3.8, 4) is 0 Å². The van der Waals surface area contributed by atoms with Crippen LogP contribution in [0.5, 0.6) is 0 Å². The zero-order valence-electron chi connectivity index (χ0n) is 12.0. The minimum Gasteiger partial charge on any atom is -0.345 e. The van der Waals surface area contributed by atoms with Gasteiger partial charge in [-0.3, -0.25) is 9.89 Å². The Morgan fingerprint density at radius 3 is 2.76 bits per heavy atom. The van der Waals surface area contributed by atoms with Crippen LogP contribution >= 0.6 is 15.9 Å². The fourth-order valence-electron chi connectivity index (χ4n) is 1.63. The van der Waals surface area contributed by atoms with E-state index in [0.717, 1.165) is 4.47 Å². The topological polar surface area (TPSA) is 70.7 Å². The number of carbonyl (C=O) groups excluding carboxylic acids is 1. The van der Waals surface area contributed by atoms with Crippen LogP contribution in [0.3, 0.4) is 0 Å². The number of amides is 1. The van der Waals surface area contributed by atoms with Gasteiger partial charge in [0.05, 0.1) is 0 Å². The first-order chi connectivity index (χ1) is 9.77. The molecule has 0 aliphatic rings. The summed E-state index contributed by atoms with van der Waals surface area (Å²) >= 11 is 3.31. The van der Waals surface area contributed by atoms with Crippen molar-refractivity contribution in [3.05, 3.63) is 45.7 Å². The number of benzene rings is 1. The molecule has 0 saturated carbocycles. The fraction of sp³-hybridized carbons (Fsp3) is 0.357. The second kappa shape index (κ2) is 5.93. The fourth-order valence-corrected chi connectivity index (χ4v) is 2.02. The number of rotatable bonds is 3. The number of aromatic amines is 1. The van der Waals surface area contributed by atoms with Gasteiger partial charge >= 0.3 is 0 Å². The second-order valence-electron chi connectivity index (χ2n) is 5.68. The lowest BCUT2D eigenvalue weighted by molar-refractivity contribution is 0.0940. The van der Waals surface area contributed by atoms with Crippen LogP contribution in [-0.4, -0.2) is 21.1 Å². The number of carbonyl (C=O) groups is 1. The van der Waals surface area contributed by atoms with Gasteiger partial charge in [-0.15, -0.1) is 5.10 Å². The summed E-state index contributed by atoms with van der Waals surface area (Å²) in [7, 11) is 0. The van der Waals surface area contributed by atoms with Crippen LogP contribution in [0.2, 0.25) is 0 Å². The van der Waals surface area contributed by atoms with Crippen LogP contribution in [0.1, 0.15) is 42.8 Å². The third kappa shape index (κ3) is 3.87. The summed E-state index contributed by atoms with van der Waals surface area (Å²) < 4.78 is 13.9. The average Bonchev–Trinajstić information content (AvgIpc) is 2.89. The van der Waals surface area contributed by atoms with E-state index in [1.807, 2.05) is 20.8 Å². The predicted octanol–water partition coefficient (Wildman–Crippen LogP) is 2.93. The van der Waals surface area contributed by atoms with Crippen molar-refractivity contribution in [3.63, 3.8) is 0 Å². The molecule has 2 aromatic rings. The minimum atomic E-state index is -0.405. The van der Waals surface area contributed by atoms with Crippen molar-refractivity contribution in [2.45, 2.75) is 32.7 Å². The number of aromatic nitrogens is 3. The van der Waals surface area contributed by atoms with Gasteiger partial charge in [-0.1, -0.05) is 36.7 Å². The van der Waals surface area contributed by atoms with E-state index >= 15 is 0 Å². The van der Waals surface area contributed by atoms with Gasteiger partial charge in [-0.2, -0.15) is 0 Å². The van der Waals surface area contributed by atoms with Gasteiger partial charge in [0.15, 0.2) is 0 Å². The van der Waals surface area contributed by atoms with Crippen LogP contribution in [0, 0.1) is 5.82 Å². The highest BCUT2D eigenvalue weighted by Crippen LogP contribution is 2.18. The molecule has 0 unspecified atom stereocenters. The summed E-state index contributed by atoms with van der Waals surface area (Å²) in [6, 6.07) is 4.31. The Morgan fingerprint density at radius 1 is 1.43 bits per heavy atom. The van der Waals surface area contributed by atoms with Gasteiger partial charge in [0.2, 0.25) is 5.82 Å². The van der Waals surface area contributed by atoms with E-state index in [0.29, 0.717) is 11.4 Å². The van der Waals surface area contributed by atoms with Gasteiger partial charge in [-0.05, 0) is 23.8 Å². The zero-order chi connectivity index (χ0) is 15.6. The van der Waals surface area contributed by atoms with E-state index in [-0.39, 0.29) is 23.6 Å². The predicted molar refractivity (Wildman–Crippen MR) is 80.4 cm³/mol. The number of nitrogens with zero attached hydrogens (tertiary/aromatic N) is 2. The van der Waals surface area contributed by atoms with Gasteiger partial charge in [0.25, 0.3) is 5.91 Å². The molecule has 0 saturated heterocycles. The highest BCUT2D eigenvalue weighted by Gasteiger charge is 2.21. The van der Waals surface area contributed by atoms with E-state index in [9.17, 15) is 9.18 Å². The lowest BCUT2D eigenvalue weighted by atomic mass is 9.96. The molecule has 7 heteroatoms. The van der Waals surface area contributed by atoms with E-state index in [2.05, 4.69) is 36.4 Å². The number of H-pyrrole nitrogens is 1. The SMILES string of the molecule is CC(C)(C)c1nc(C(=O)NCc2cc(F)ccc2Br)n[nH]1. The maximum atomic E-state index is 13.2. The third-order valence-electron chi connectivity index (χ3n) is 2.85. The molecule has 0 atom stereocenters. The molecular formula is C14H16BrFN4O. The molecule has 21 heavy (non-hydrogen) atoms. The standard InChI is InChI=1S/C14H16BrFN4O/c1-14(2,3)13-18-11(19-20-13)12(21)17-7-8-6-9(16)4-5-10(8)15/h4-6H,7H2,1-3H3,(H,17,21)(H,18,19,20). The summed E-state index contributed by atoms with van der Waals surface area (Å²) in [4.78, 5) is 16.2. The highest BCUT2D eigenvalue weighted by atomic mass is 79.9. The van der Waals surface area contributed by atoms with Crippen molar-refractivity contribution in [1.29, 1.82) is 0 Å². The molecule has 0 fully saturated rings. The first-order valence-corrected chi connectivity index (χ1v) is 7.21. The maximum absolute atomic E-state index is 13.2. The van der Waals surface area contributed by atoms with Crippen LogP contribution < -0.4 is 5.32 Å². The molecule has 112 valence electrons. The first kappa shape index (κ1) is 15.6. The van der Waals surface area contributed by atoms with E-state index in [4.69, 9.17) is 0 Å². The van der Waals surface area contributed by atoms with Gasteiger partial charge in [-0.25, -0.2) is 9.37 Å². The van der Waals surface area contributed by atoms with Gasteiger partial charge < -0.3 is 5.32 Å². The summed E-state index contributed by atoms with van der Waals surface area (Å²) in [6.07, 6.45) is 0. The van der Waals surface area contributed by atoms with Crippen LogP contribution in [0.4, 0.5) is 4.39 Å². The Hall–Kier alpha value is -1.76. The smallest absolute Gasteiger partial charge is 0.291 e. The molecule has 0 spiro atoms. The molecule has 2 rings (SSSR count). The summed E-state index contributed by atoms with van der Waals surface area (Å²) in [5.74, 6) is -0.0414. The van der Waals surface area contributed by atoms with Gasteiger partial charge in [0.1, 0.15) is 11.6 Å². The van der Waals surface area contributed by atoms with Crippen molar-refractivity contribution in [1.82, 2.24) is 20.5 Å².